The lowest BCUT2D eigenvalue weighted by molar-refractivity contribution is -0.139. The van der Waals surface area contributed by atoms with Crippen molar-refractivity contribution >= 4 is 17.9 Å². The van der Waals surface area contributed by atoms with Crippen molar-refractivity contribution in [2.45, 2.75) is 20.8 Å². The van der Waals surface area contributed by atoms with E-state index in [1.165, 1.54) is 51.1 Å². The van der Waals surface area contributed by atoms with Gasteiger partial charge in [-0.1, -0.05) is 25.8 Å². The Labute approximate surface area is 197 Å². The van der Waals surface area contributed by atoms with Crippen LogP contribution in [0.25, 0.3) is 11.1 Å². The average Bonchev–Trinajstić information content (AvgIpc) is 2.77. The van der Waals surface area contributed by atoms with Gasteiger partial charge in [0.05, 0.1) is 0 Å². The molecular weight excluding hydrogens is 443 g/mol. The van der Waals surface area contributed by atoms with E-state index < -0.39 is 23.7 Å². The van der Waals surface area contributed by atoms with E-state index in [2.05, 4.69) is 19.7 Å². The zero-order chi connectivity index (χ0) is 25.4. The molecule has 0 N–H and O–H groups in total. The zero-order valence-electron chi connectivity index (χ0n) is 19.2. The summed E-state index contributed by atoms with van der Waals surface area (Å²) < 4.78 is 35.4. The minimum atomic E-state index is -0.773. The van der Waals surface area contributed by atoms with Gasteiger partial charge in [0.1, 0.15) is 24.7 Å². The Kier molecular flexibility index (Phi) is 8.89. The number of benzene rings is 2. The first-order chi connectivity index (χ1) is 16.0. The molecular formula is C26H25FO7. The summed E-state index contributed by atoms with van der Waals surface area (Å²) in [6.07, 6.45) is 0. The molecule has 0 heterocycles. The van der Waals surface area contributed by atoms with Crippen LogP contribution in [0.1, 0.15) is 20.8 Å². The molecule has 0 amide bonds. The molecule has 34 heavy (non-hydrogen) atoms. The van der Waals surface area contributed by atoms with E-state index in [4.69, 9.17) is 18.9 Å². The lowest BCUT2D eigenvalue weighted by Crippen LogP contribution is -2.12. The van der Waals surface area contributed by atoms with Gasteiger partial charge in [-0.05, 0) is 56.2 Å². The van der Waals surface area contributed by atoms with Crippen LogP contribution < -0.4 is 14.2 Å². The first-order valence-electron chi connectivity index (χ1n) is 10.1. The molecule has 0 atom stereocenters. The van der Waals surface area contributed by atoms with Crippen LogP contribution >= 0.6 is 0 Å². The Bertz CT molecular complexity index is 1160. The molecule has 0 saturated heterocycles. The maximum atomic E-state index is 14.6. The van der Waals surface area contributed by atoms with Crippen LogP contribution in [0.3, 0.4) is 0 Å². The summed E-state index contributed by atoms with van der Waals surface area (Å²) in [5.74, 6) is -2.54. The highest BCUT2D eigenvalue weighted by molar-refractivity contribution is 5.89. The molecule has 0 aliphatic rings. The van der Waals surface area contributed by atoms with E-state index in [-0.39, 0.29) is 47.2 Å². The van der Waals surface area contributed by atoms with Gasteiger partial charge in [0, 0.05) is 22.8 Å². The van der Waals surface area contributed by atoms with Crippen molar-refractivity contribution in [3.8, 4) is 28.4 Å². The van der Waals surface area contributed by atoms with Crippen LogP contribution in [0.4, 0.5) is 4.39 Å². The highest BCUT2D eigenvalue weighted by Gasteiger charge is 2.14. The van der Waals surface area contributed by atoms with Gasteiger partial charge in [0.2, 0.25) is 0 Å². The second-order valence-electron chi connectivity index (χ2n) is 7.44. The highest BCUT2D eigenvalue weighted by atomic mass is 19.1. The third-order valence-corrected chi connectivity index (χ3v) is 4.19. The van der Waals surface area contributed by atoms with E-state index in [9.17, 15) is 18.8 Å². The number of rotatable bonds is 10. The molecule has 8 heteroatoms. The molecule has 2 aromatic rings. The summed E-state index contributed by atoms with van der Waals surface area (Å²) in [4.78, 5) is 35.1. The number of carbonyl (C=O) groups is 3. The third-order valence-electron chi connectivity index (χ3n) is 4.19. The molecule has 0 unspecified atom stereocenters. The van der Waals surface area contributed by atoms with Crippen LogP contribution in [0.5, 0.6) is 17.2 Å². The van der Waals surface area contributed by atoms with Gasteiger partial charge >= 0.3 is 17.9 Å². The molecule has 0 saturated carbocycles. The van der Waals surface area contributed by atoms with Crippen molar-refractivity contribution in [2.75, 3.05) is 13.2 Å². The first-order valence-corrected chi connectivity index (χ1v) is 10.1. The van der Waals surface area contributed by atoms with Crippen molar-refractivity contribution in [3.63, 3.8) is 0 Å². The summed E-state index contributed by atoms with van der Waals surface area (Å²) in [5, 5.41) is 0. The molecule has 0 aliphatic heterocycles. The molecule has 0 spiro atoms. The maximum Gasteiger partial charge on any atom is 0.338 e. The van der Waals surface area contributed by atoms with Gasteiger partial charge in [-0.3, -0.25) is 0 Å². The molecule has 7 nitrogen and oxygen atoms in total. The Morgan fingerprint density at radius 2 is 1.32 bits per heavy atom. The fraction of sp³-hybridized carbons (Fsp3) is 0.192. The monoisotopic (exact) mass is 468 g/mol. The van der Waals surface area contributed by atoms with E-state index >= 15 is 0 Å². The Hall–Kier alpha value is -4.20. The molecule has 0 bridgehead atoms. The van der Waals surface area contributed by atoms with Crippen molar-refractivity contribution in [1.82, 2.24) is 0 Å². The molecule has 0 radical (unpaired) electrons. The van der Waals surface area contributed by atoms with Crippen molar-refractivity contribution < 1.29 is 37.7 Å². The Balaban J connectivity index is 2.30. The smallest absolute Gasteiger partial charge is 0.338 e. The quantitative estimate of drug-likeness (QED) is 0.211. The number of hydrogen-bond acceptors (Lipinski definition) is 7. The van der Waals surface area contributed by atoms with Crippen molar-refractivity contribution in [2.24, 2.45) is 0 Å². The summed E-state index contributed by atoms with van der Waals surface area (Å²) in [6.45, 7) is 15.0. The largest absolute Gasteiger partial charge is 0.490 e. The van der Waals surface area contributed by atoms with E-state index in [0.717, 1.165) is 0 Å². The second kappa shape index (κ2) is 11.6. The number of esters is 3. The normalized spacial score (nSPS) is 10.1. The van der Waals surface area contributed by atoms with Gasteiger partial charge in [-0.2, -0.15) is 0 Å². The SMILES string of the molecule is C=C(C)C(=O)OCCOc1cc(OC(=O)C(=C)C)cc(-c2ccc(OC(=O)C(=C)C)c(F)c2)c1. The molecule has 0 aliphatic carbocycles. The second-order valence-corrected chi connectivity index (χ2v) is 7.44. The van der Waals surface area contributed by atoms with Crippen LogP contribution in [-0.2, 0) is 19.1 Å². The molecule has 2 rings (SSSR count). The number of ether oxygens (including phenoxy) is 4. The van der Waals surface area contributed by atoms with Gasteiger partial charge in [0.25, 0.3) is 0 Å². The zero-order valence-corrected chi connectivity index (χ0v) is 19.2. The third kappa shape index (κ3) is 7.44. The van der Waals surface area contributed by atoms with E-state index in [0.29, 0.717) is 11.1 Å². The minimum absolute atomic E-state index is 0.0144. The molecule has 178 valence electrons. The number of carbonyl (C=O) groups excluding carboxylic acids is 3. The fourth-order valence-electron chi connectivity index (χ4n) is 2.44. The average molecular weight is 468 g/mol. The van der Waals surface area contributed by atoms with Gasteiger partial charge in [-0.25, -0.2) is 18.8 Å². The maximum absolute atomic E-state index is 14.6. The number of hydrogen-bond donors (Lipinski definition) is 0. The minimum Gasteiger partial charge on any atom is -0.490 e. The van der Waals surface area contributed by atoms with Gasteiger partial charge < -0.3 is 18.9 Å². The topological polar surface area (TPSA) is 88.1 Å². The molecule has 2 aromatic carbocycles. The van der Waals surface area contributed by atoms with Crippen LogP contribution in [0, 0.1) is 5.82 Å². The standard InChI is InChI=1S/C26H25FO7/c1-15(2)24(28)32-10-9-31-20-11-19(12-21(14-20)33-25(29)16(3)4)18-7-8-23(22(27)13-18)34-26(30)17(5)6/h7-8,11-14H,1,3,5,9-10H2,2,4,6H3. The summed E-state index contributed by atoms with van der Waals surface area (Å²) in [7, 11) is 0. The van der Waals surface area contributed by atoms with Crippen molar-refractivity contribution in [3.05, 3.63) is 78.7 Å². The Morgan fingerprint density at radius 1 is 0.735 bits per heavy atom. The fourth-order valence-corrected chi connectivity index (χ4v) is 2.44. The lowest BCUT2D eigenvalue weighted by Gasteiger charge is -2.13. The van der Waals surface area contributed by atoms with Gasteiger partial charge in [0.15, 0.2) is 11.6 Å². The van der Waals surface area contributed by atoms with Crippen LogP contribution in [0.2, 0.25) is 0 Å². The number of halogens is 1. The predicted molar refractivity (Wildman–Crippen MR) is 124 cm³/mol. The Morgan fingerprint density at radius 3 is 1.91 bits per heavy atom. The predicted octanol–water partition coefficient (Wildman–Crippen LogP) is 4.95. The van der Waals surface area contributed by atoms with E-state index in [1.807, 2.05) is 0 Å². The lowest BCUT2D eigenvalue weighted by atomic mass is 10.0. The van der Waals surface area contributed by atoms with E-state index in [1.54, 1.807) is 6.07 Å². The first kappa shape index (κ1) is 26.1. The van der Waals surface area contributed by atoms with Crippen LogP contribution in [0.15, 0.2) is 72.9 Å². The summed E-state index contributed by atoms with van der Waals surface area (Å²) in [6, 6.07) is 8.57. The molecule has 0 fully saturated rings. The van der Waals surface area contributed by atoms with Crippen molar-refractivity contribution in [1.29, 1.82) is 0 Å². The highest BCUT2D eigenvalue weighted by Crippen LogP contribution is 2.32. The summed E-state index contributed by atoms with van der Waals surface area (Å²) >= 11 is 0. The van der Waals surface area contributed by atoms with Crippen LogP contribution in [-0.4, -0.2) is 31.1 Å². The summed E-state index contributed by atoms with van der Waals surface area (Å²) in [5.41, 5.74) is 1.44. The van der Waals surface area contributed by atoms with Gasteiger partial charge in [-0.15, -0.1) is 0 Å². The molecule has 0 aromatic heterocycles.